The van der Waals surface area contributed by atoms with Crippen LogP contribution in [0.5, 0.6) is 11.8 Å². The normalized spacial score (nSPS) is 10.7. The van der Waals surface area contributed by atoms with Gasteiger partial charge in [0, 0.05) is 17.2 Å². The number of carbonyl (C=O) groups is 1. The predicted molar refractivity (Wildman–Crippen MR) is 103 cm³/mol. The third kappa shape index (κ3) is 4.08. The van der Waals surface area contributed by atoms with Gasteiger partial charge in [-0.15, -0.1) is 5.10 Å². The third-order valence-corrected chi connectivity index (χ3v) is 4.00. The maximum atomic E-state index is 12.0. The monoisotopic (exact) mass is 366 g/mol. The lowest BCUT2D eigenvalue weighted by Gasteiger charge is -2.10. The van der Waals surface area contributed by atoms with E-state index in [1.807, 2.05) is 62.4 Å². The van der Waals surface area contributed by atoms with Gasteiger partial charge < -0.3 is 14.8 Å². The van der Waals surface area contributed by atoms with E-state index in [0.717, 1.165) is 17.0 Å². The number of ether oxygens (including phenoxy) is 2. The molecule has 7 heteroatoms. The number of hydrogen-bond donors (Lipinski definition) is 1. The van der Waals surface area contributed by atoms with Crippen LogP contribution in [-0.2, 0) is 4.79 Å². The highest BCUT2D eigenvalue weighted by Gasteiger charge is 2.15. The molecule has 0 aliphatic heterocycles. The van der Waals surface area contributed by atoms with Crippen molar-refractivity contribution in [2.24, 2.45) is 5.92 Å². The summed E-state index contributed by atoms with van der Waals surface area (Å²) in [5, 5.41) is 7.31. The first-order valence-electron chi connectivity index (χ1n) is 8.58. The fourth-order valence-electron chi connectivity index (χ4n) is 2.49. The minimum absolute atomic E-state index is 0.0429. The fourth-order valence-corrected chi connectivity index (χ4v) is 2.49. The molecule has 0 atom stereocenters. The Morgan fingerprint density at radius 3 is 2.44 bits per heavy atom. The van der Waals surface area contributed by atoms with Gasteiger partial charge in [0.1, 0.15) is 5.75 Å². The Labute approximate surface area is 158 Å². The van der Waals surface area contributed by atoms with Crippen LogP contribution in [0.4, 0.5) is 5.69 Å². The van der Waals surface area contributed by atoms with Gasteiger partial charge >= 0.3 is 6.01 Å². The maximum Gasteiger partial charge on any atom is 0.336 e. The van der Waals surface area contributed by atoms with E-state index in [1.54, 1.807) is 11.8 Å². The molecule has 3 aromatic rings. The number of hydrogen-bond acceptors (Lipinski definition) is 5. The van der Waals surface area contributed by atoms with E-state index >= 15 is 0 Å². The number of benzene rings is 2. The smallest absolute Gasteiger partial charge is 0.336 e. The molecule has 2 aromatic carbocycles. The van der Waals surface area contributed by atoms with Crippen molar-refractivity contribution < 1.29 is 14.3 Å². The second kappa shape index (κ2) is 7.90. The molecule has 0 aliphatic carbocycles. The van der Waals surface area contributed by atoms with Crippen LogP contribution in [0.15, 0.2) is 48.5 Å². The standard InChI is InChI=1S/C20H22N4O3/c1-13(2)19(25)21-15-6-5-7-16(12-15)24-18(22-20(23-24)27-4)14-8-10-17(26-3)11-9-14/h5-13H,1-4H3,(H,21,25). The molecule has 0 saturated heterocycles. The lowest BCUT2D eigenvalue weighted by atomic mass is 10.2. The van der Waals surface area contributed by atoms with E-state index in [0.29, 0.717) is 11.5 Å². The highest BCUT2D eigenvalue weighted by Crippen LogP contribution is 2.26. The van der Waals surface area contributed by atoms with Crippen molar-refractivity contribution in [3.05, 3.63) is 48.5 Å². The minimum Gasteiger partial charge on any atom is -0.497 e. The Balaban J connectivity index is 2.01. The molecule has 0 saturated carbocycles. The van der Waals surface area contributed by atoms with Gasteiger partial charge in [-0.25, -0.2) is 4.68 Å². The molecule has 0 aliphatic rings. The van der Waals surface area contributed by atoms with Crippen molar-refractivity contribution >= 4 is 11.6 Å². The summed E-state index contributed by atoms with van der Waals surface area (Å²) in [6.45, 7) is 3.70. The quantitative estimate of drug-likeness (QED) is 0.722. The number of anilines is 1. The molecule has 0 spiro atoms. The number of amides is 1. The van der Waals surface area contributed by atoms with Crippen molar-refractivity contribution in [1.82, 2.24) is 14.8 Å². The molecule has 1 N–H and O–H groups in total. The largest absolute Gasteiger partial charge is 0.497 e. The lowest BCUT2D eigenvalue weighted by Crippen LogP contribution is -2.17. The van der Waals surface area contributed by atoms with Crippen LogP contribution >= 0.6 is 0 Å². The first-order valence-corrected chi connectivity index (χ1v) is 8.58. The highest BCUT2D eigenvalue weighted by molar-refractivity contribution is 5.92. The summed E-state index contributed by atoms with van der Waals surface area (Å²) >= 11 is 0. The van der Waals surface area contributed by atoms with Crippen LogP contribution in [0.25, 0.3) is 17.1 Å². The highest BCUT2D eigenvalue weighted by atomic mass is 16.5. The minimum atomic E-state index is -0.102. The van der Waals surface area contributed by atoms with Gasteiger partial charge in [-0.1, -0.05) is 19.9 Å². The second-order valence-corrected chi connectivity index (χ2v) is 6.26. The zero-order chi connectivity index (χ0) is 19.4. The fraction of sp³-hybridized carbons (Fsp3) is 0.250. The van der Waals surface area contributed by atoms with Crippen LogP contribution in [0, 0.1) is 5.92 Å². The Kier molecular flexibility index (Phi) is 5.40. The number of nitrogens with zero attached hydrogens (tertiary/aromatic N) is 3. The van der Waals surface area contributed by atoms with Crippen LogP contribution in [0.2, 0.25) is 0 Å². The Hall–Kier alpha value is -3.35. The van der Waals surface area contributed by atoms with Crippen LogP contribution in [-0.4, -0.2) is 34.9 Å². The van der Waals surface area contributed by atoms with Crippen LogP contribution < -0.4 is 14.8 Å². The zero-order valence-corrected chi connectivity index (χ0v) is 15.8. The first kappa shape index (κ1) is 18.4. The summed E-state index contributed by atoms with van der Waals surface area (Å²) in [5.41, 5.74) is 2.32. The van der Waals surface area contributed by atoms with Crippen molar-refractivity contribution in [3.8, 4) is 28.8 Å². The summed E-state index contributed by atoms with van der Waals surface area (Å²) in [6.07, 6.45) is 0. The molecule has 0 fully saturated rings. The number of methoxy groups -OCH3 is 2. The van der Waals surface area contributed by atoms with E-state index in [2.05, 4.69) is 15.4 Å². The van der Waals surface area contributed by atoms with Crippen molar-refractivity contribution in [2.75, 3.05) is 19.5 Å². The maximum absolute atomic E-state index is 12.0. The van der Waals surface area contributed by atoms with Crippen LogP contribution in [0.1, 0.15) is 13.8 Å². The molecular formula is C20H22N4O3. The third-order valence-electron chi connectivity index (χ3n) is 4.00. The van der Waals surface area contributed by atoms with Gasteiger partial charge in [0.15, 0.2) is 5.82 Å². The first-order chi connectivity index (χ1) is 13.0. The molecule has 7 nitrogen and oxygen atoms in total. The topological polar surface area (TPSA) is 78.3 Å². The SMILES string of the molecule is COc1ccc(-c2nc(OC)nn2-c2cccc(NC(=O)C(C)C)c2)cc1. The molecule has 140 valence electrons. The average Bonchev–Trinajstić information content (AvgIpc) is 3.12. The molecule has 1 aromatic heterocycles. The number of aromatic nitrogens is 3. The van der Waals surface area contributed by atoms with Gasteiger partial charge in [0.25, 0.3) is 0 Å². The number of carbonyl (C=O) groups excluding carboxylic acids is 1. The molecule has 27 heavy (non-hydrogen) atoms. The van der Waals surface area contributed by atoms with Crippen LogP contribution in [0.3, 0.4) is 0 Å². The van der Waals surface area contributed by atoms with E-state index in [4.69, 9.17) is 9.47 Å². The van der Waals surface area contributed by atoms with Gasteiger partial charge in [-0.2, -0.15) is 4.98 Å². The Morgan fingerprint density at radius 1 is 1.07 bits per heavy atom. The lowest BCUT2D eigenvalue weighted by molar-refractivity contribution is -0.118. The van der Waals surface area contributed by atoms with Crippen molar-refractivity contribution in [3.63, 3.8) is 0 Å². The summed E-state index contributed by atoms with van der Waals surface area (Å²) in [7, 11) is 3.15. The molecule has 0 radical (unpaired) electrons. The van der Waals surface area contributed by atoms with Crippen molar-refractivity contribution in [1.29, 1.82) is 0 Å². The van der Waals surface area contributed by atoms with Gasteiger partial charge in [-0.05, 0) is 42.5 Å². The summed E-state index contributed by atoms with van der Waals surface area (Å²) in [4.78, 5) is 16.4. The predicted octanol–water partition coefficient (Wildman–Crippen LogP) is 3.55. The van der Waals surface area contributed by atoms with E-state index in [9.17, 15) is 4.79 Å². The van der Waals surface area contributed by atoms with Gasteiger partial charge in [0.05, 0.1) is 19.9 Å². The number of rotatable bonds is 6. The molecule has 0 unspecified atom stereocenters. The number of nitrogens with one attached hydrogen (secondary N) is 1. The Morgan fingerprint density at radius 2 is 1.81 bits per heavy atom. The zero-order valence-electron chi connectivity index (χ0n) is 15.8. The summed E-state index contributed by atoms with van der Waals surface area (Å²) in [5.74, 6) is 1.24. The Bertz CT molecular complexity index is 933. The summed E-state index contributed by atoms with van der Waals surface area (Å²) in [6, 6.07) is 15.2. The molecule has 0 bridgehead atoms. The molecular weight excluding hydrogens is 344 g/mol. The second-order valence-electron chi connectivity index (χ2n) is 6.26. The average molecular weight is 366 g/mol. The van der Waals surface area contributed by atoms with Crippen molar-refractivity contribution in [2.45, 2.75) is 13.8 Å². The molecule has 1 heterocycles. The molecule has 1 amide bonds. The van der Waals surface area contributed by atoms with E-state index < -0.39 is 0 Å². The summed E-state index contributed by atoms with van der Waals surface area (Å²) < 4.78 is 12.1. The van der Waals surface area contributed by atoms with E-state index in [1.165, 1.54) is 7.11 Å². The van der Waals surface area contributed by atoms with Gasteiger partial charge in [-0.3, -0.25) is 4.79 Å². The van der Waals surface area contributed by atoms with E-state index in [-0.39, 0.29) is 17.8 Å². The van der Waals surface area contributed by atoms with Gasteiger partial charge in [0.2, 0.25) is 5.91 Å². The molecule has 3 rings (SSSR count).